The van der Waals surface area contributed by atoms with E-state index in [0.717, 1.165) is 19.3 Å². The van der Waals surface area contributed by atoms with Gasteiger partial charge in [0.25, 0.3) is 0 Å². The molecule has 0 fully saturated rings. The molecule has 0 aliphatic carbocycles. The van der Waals surface area contributed by atoms with Crippen LogP contribution in [-0.4, -0.2) is 4.57 Å². The van der Waals surface area contributed by atoms with Gasteiger partial charge in [-0.1, -0.05) is 90.4 Å². The molecule has 0 aliphatic rings. The Morgan fingerprint density at radius 1 is 1.00 bits per heavy atom. The van der Waals surface area contributed by atoms with Crippen LogP contribution >= 0.6 is 0 Å². The molecule has 28 heavy (non-hydrogen) atoms. The molecule has 3 aromatic rings. The Kier molecular flexibility index (Phi) is 6.13. The van der Waals surface area contributed by atoms with Crippen molar-refractivity contribution in [2.45, 2.75) is 66.7 Å². The SMILES string of the molecule is CCCc1c(/C=C\CC(C)(C)C)c2ccc(C(C)C)cc2n1-c1ccccc1. The average molecular weight is 374 g/mol. The van der Waals surface area contributed by atoms with E-state index in [1.807, 2.05) is 0 Å². The molecule has 0 N–H and O–H groups in total. The molecule has 0 saturated carbocycles. The maximum Gasteiger partial charge on any atom is 0.0540 e. The fourth-order valence-electron chi connectivity index (χ4n) is 3.81. The summed E-state index contributed by atoms with van der Waals surface area (Å²) in [6, 6.07) is 17.9. The molecule has 3 rings (SSSR count). The molecule has 148 valence electrons. The first-order valence-electron chi connectivity index (χ1n) is 10.7. The Labute approximate surface area is 171 Å². The molecule has 1 nitrogen and oxygen atoms in total. The van der Waals surface area contributed by atoms with Gasteiger partial charge in [0.2, 0.25) is 0 Å². The predicted molar refractivity (Wildman–Crippen MR) is 124 cm³/mol. The maximum absolute atomic E-state index is 2.49. The van der Waals surface area contributed by atoms with Crippen LogP contribution in [0.5, 0.6) is 0 Å². The van der Waals surface area contributed by atoms with Crippen molar-refractivity contribution in [3.63, 3.8) is 0 Å². The minimum atomic E-state index is 0.310. The second-order valence-electron chi connectivity index (χ2n) is 9.38. The second-order valence-corrected chi connectivity index (χ2v) is 9.38. The first-order chi connectivity index (χ1) is 13.3. The summed E-state index contributed by atoms with van der Waals surface area (Å²) in [6.45, 7) is 13.7. The van der Waals surface area contributed by atoms with Crippen LogP contribution in [0.3, 0.4) is 0 Å². The van der Waals surface area contributed by atoms with Gasteiger partial charge in [-0.15, -0.1) is 0 Å². The van der Waals surface area contributed by atoms with Crippen molar-refractivity contribution in [2.75, 3.05) is 0 Å². The minimum absolute atomic E-state index is 0.310. The first kappa shape index (κ1) is 20.5. The number of hydrogen-bond donors (Lipinski definition) is 0. The highest BCUT2D eigenvalue weighted by Gasteiger charge is 2.17. The lowest BCUT2D eigenvalue weighted by Crippen LogP contribution is -2.02. The van der Waals surface area contributed by atoms with Gasteiger partial charge in [0.1, 0.15) is 0 Å². The molecule has 0 saturated heterocycles. The van der Waals surface area contributed by atoms with E-state index >= 15 is 0 Å². The molecular formula is C27H35N. The summed E-state index contributed by atoms with van der Waals surface area (Å²) in [5, 5.41) is 1.36. The van der Waals surface area contributed by atoms with Gasteiger partial charge < -0.3 is 4.57 Å². The molecule has 0 amide bonds. The zero-order valence-electron chi connectivity index (χ0n) is 18.4. The summed E-state index contributed by atoms with van der Waals surface area (Å²) in [7, 11) is 0. The molecule has 0 unspecified atom stereocenters. The van der Waals surface area contributed by atoms with Gasteiger partial charge in [0.05, 0.1) is 5.52 Å². The van der Waals surface area contributed by atoms with Gasteiger partial charge in [-0.2, -0.15) is 0 Å². The summed E-state index contributed by atoms with van der Waals surface area (Å²) in [4.78, 5) is 0. The molecule has 0 atom stereocenters. The molecule has 0 spiro atoms. The monoisotopic (exact) mass is 373 g/mol. The van der Waals surface area contributed by atoms with E-state index < -0.39 is 0 Å². The van der Waals surface area contributed by atoms with Crippen molar-refractivity contribution in [3.05, 3.63) is 71.4 Å². The number of rotatable bonds is 6. The third-order valence-corrected chi connectivity index (χ3v) is 5.32. The lowest BCUT2D eigenvalue weighted by Gasteiger charge is -2.14. The van der Waals surface area contributed by atoms with Crippen LogP contribution in [0.1, 0.15) is 77.1 Å². The summed E-state index contributed by atoms with van der Waals surface area (Å²) < 4.78 is 2.49. The zero-order chi connectivity index (χ0) is 20.3. The first-order valence-corrected chi connectivity index (χ1v) is 10.7. The number of fused-ring (bicyclic) bond motifs is 1. The fraction of sp³-hybridized carbons (Fsp3) is 0.407. The van der Waals surface area contributed by atoms with Crippen molar-refractivity contribution < 1.29 is 0 Å². The van der Waals surface area contributed by atoms with Crippen LogP contribution in [0.25, 0.3) is 22.7 Å². The van der Waals surface area contributed by atoms with Crippen LogP contribution < -0.4 is 0 Å². The van der Waals surface area contributed by atoms with E-state index in [2.05, 4.69) is 107 Å². The number of benzene rings is 2. The third kappa shape index (κ3) is 4.41. The van der Waals surface area contributed by atoms with Crippen molar-refractivity contribution in [1.82, 2.24) is 4.57 Å². The fourth-order valence-corrected chi connectivity index (χ4v) is 3.81. The minimum Gasteiger partial charge on any atom is -0.313 e. The van der Waals surface area contributed by atoms with Gasteiger partial charge in [-0.05, 0) is 47.9 Å². The lowest BCUT2D eigenvalue weighted by atomic mass is 9.91. The van der Waals surface area contributed by atoms with Gasteiger partial charge in [-0.3, -0.25) is 0 Å². The van der Waals surface area contributed by atoms with Crippen LogP contribution in [0.4, 0.5) is 0 Å². The van der Waals surface area contributed by atoms with Crippen molar-refractivity contribution in [1.29, 1.82) is 0 Å². The Morgan fingerprint density at radius 2 is 1.71 bits per heavy atom. The Hall–Kier alpha value is -2.28. The largest absolute Gasteiger partial charge is 0.313 e. The zero-order valence-corrected chi connectivity index (χ0v) is 18.4. The van der Waals surface area contributed by atoms with Crippen LogP contribution in [0, 0.1) is 5.41 Å². The summed E-state index contributed by atoms with van der Waals surface area (Å²) in [5.74, 6) is 0.526. The summed E-state index contributed by atoms with van der Waals surface area (Å²) >= 11 is 0. The average Bonchev–Trinajstić information content (AvgIpc) is 2.94. The van der Waals surface area contributed by atoms with Gasteiger partial charge in [-0.25, -0.2) is 0 Å². The lowest BCUT2D eigenvalue weighted by molar-refractivity contribution is 0.421. The van der Waals surface area contributed by atoms with E-state index in [-0.39, 0.29) is 0 Å². The summed E-state index contributed by atoms with van der Waals surface area (Å²) in [5.41, 5.74) is 7.11. The second kappa shape index (κ2) is 8.39. The number of aromatic nitrogens is 1. The van der Waals surface area contributed by atoms with Gasteiger partial charge in [0, 0.05) is 22.3 Å². The molecule has 1 heterocycles. The number of hydrogen-bond acceptors (Lipinski definition) is 0. The normalized spacial score (nSPS) is 12.5. The van der Waals surface area contributed by atoms with E-state index in [4.69, 9.17) is 0 Å². The smallest absolute Gasteiger partial charge is 0.0540 e. The molecular weight excluding hydrogens is 338 g/mol. The van der Waals surface area contributed by atoms with Crippen molar-refractivity contribution >= 4 is 17.0 Å². The highest BCUT2D eigenvalue weighted by atomic mass is 15.0. The van der Waals surface area contributed by atoms with Crippen LogP contribution in [0.2, 0.25) is 0 Å². The quantitative estimate of drug-likeness (QED) is 0.411. The highest BCUT2D eigenvalue weighted by Crippen LogP contribution is 2.34. The van der Waals surface area contributed by atoms with Crippen molar-refractivity contribution in [3.8, 4) is 5.69 Å². The van der Waals surface area contributed by atoms with E-state index in [9.17, 15) is 0 Å². The number of para-hydroxylation sites is 1. The molecule has 0 aliphatic heterocycles. The standard InChI is InChI=1S/C27H35N/c1-7-12-25-23(15-11-18-27(4,5)6)24-17-16-21(20(2)3)19-26(24)28(25)22-13-9-8-10-14-22/h8-11,13-17,19-20H,7,12,18H2,1-6H3/b15-11-. The number of allylic oxidation sites excluding steroid dienone is 1. The molecule has 2 aromatic carbocycles. The molecule has 1 heteroatoms. The topological polar surface area (TPSA) is 4.93 Å². The van der Waals surface area contributed by atoms with Crippen LogP contribution in [-0.2, 0) is 6.42 Å². The Bertz CT molecular complexity index is 949. The highest BCUT2D eigenvalue weighted by molar-refractivity contribution is 5.93. The van der Waals surface area contributed by atoms with Crippen molar-refractivity contribution in [2.24, 2.45) is 5.41 Å². The van der Waals surface area contributed by atoms with Gasteiger partial charge >= 0.3 is 0 Å². The Morgan fingerprint density at radius 3 is 2.32 bits per heavy atom. The predicted octanol–water partition coefficient (Wildman–Crippen LogP) is 8.16. The van der Waals surface area contributed by atoms with E-state index in [1.165, 1.54) is 33.4 Å². The maximum atomic E-state index is 2.49. The Balaban J connectivity index is 2.27. The van der Waals surface area contributed by atoms with Gasteiger partial charge in [0.15, 0.2) is 0 Å². The van der Waals surface area contributed by atoms with E-state index in [1.54, 1.807) is 0 Å². The molecule has 1 aromatic heterocycles. The molecule has 0 bridgehead atoms. The third-order valence-electron chi connectivity index (χ3n) is 5.32. The number of nitrogens with zero attached hydrogens (tertiary/aromatic N) is 1. The van der Waals surface area contributed by atoms with Crippen LogP contribution in [0.15, 0.2) is 54.6 Å². The summed E-state index contributed by atoms with van der Waals surface area (Å²) in [6.07, 6.45) is 8.03. The molecule has 0 radical (unpaired) electrons. The van der Waals surface area contributed by atoms with E-state index in [0.29, 0.717) is 11.3 Å².